The fraction of sp³-hybridized carbons (Fsp3) is 0.414. The quantitative estimate of drug-likeness (QED) is 0.432. The Bertz CT molecular complexity index is 1040. The Morgan fingerprint density at radius 3 is 1.53 bits per heavy atom. The van der Waals surface area contributed by atoms with Gasteiger partial charge in [0.1, 0.15) is 0 Å². The van der Waals surface area contributed by atoms with Crippen molar-refractivity contribution in [2.45, 2.75) is 75.0 Å². The van der Waals surface area contributed by atoms with Crippen LogP contribution in [-0.4, -0.2) is 4.98 Å². The molecule has 9 rings (SSSR count). The summed E-state index contributed by atoms with van der Waals surface area (Å²) in [6, 6.07) is 19.0. The van der Waals surface area contributed by atoms with Crippen LogP contribution < -0.4 is 0 Å². The van der Waals surface area contributed by atoms with Crippen LogP contribution in [0, 0.1) is 0 Å². The Hall–Kier alpha value is -2.41. The number of hydrogen-bond acceptors (Lipinski definition) is 1. The molecule has 3 aromatic rings. The number of benzene rings is 2. The maximum atomic E-state index is 4.77. The van der Waals surface area contributed by atoms with Gasteiger partial charge in [-0.25, -0.2) is 0 Å². The fourth-order valence-corrected chi connectivity index (χ4v) is 7.14. The van der Waals surface area contributed by atoms with Gasteiger partial charge in [-0.1, -0.05) is 30.3 Å². The minimum atomic E-state index is 0.782. The van der Waals surface area contributed by atoms with Gasteiger partial charge in [0.2, 0.25) is 0 Å². The zero-order valence-electron chi connectivity index (χ0n) is 17.6. The van der Waals surface area contributed by atoms with E-state index in [1.54, 1.807) is 22.3 Å². The molecular weight excluding hydrogens is 362 g/mol. The highest BCUT2D eigenvalue weighted by atomic mass is 14.7. The first-order chi connectivity index (χ1) is 14.8. The van der Waals surface area contributed by atoms with Crippen molar-refractivity contribution >= 4 is 0 Å². The van der Waals surface area contributed by atoms with Crippen LogP contribution in [0.5, 0.6) is 0 Å². The van der Waals surface area contributed by atoms with E-state index in [1.165, 1.54) is 68.1 Å². The lowest BCUT2D eigenvalue weighted by molar-refractivity contribution is 0.359. The molecule has 0 saturated heterocycles. The zero-order valence-corrected chi connectivity index (χ0v) is 17.6. The number of pyridine rings is 1. The van der Waals surface area contributed by atoms with Crippen LogP contribution in [0.1, 0.15) is 97.3 Å². The molecule has 0 aliphatic heterocycles. The largest absolute Gasteiger partial charge is 0.256 e. The van der Waals surface area contributed by atoms with Crippen molar-refractivity contribution in [3.63, 3.8) is 0 Å². The minimum absolute atomic E-state index is 0.782. The van der Waals surface area contributed by atoms with Gasteiger partial charge < -0.3 is 0 Å². The van der Waals surface area contributed by atoms with Crippen LogP contribution in [0.4, 0.5) is 0 Å². The van der Waals surface area contributed by atoms with Crippen molar-refractivity contribution in [3.8, 4) is 22.4 Å². The van der Waals surface area contributed by atoms with Crippen molar-refractivity contribution in [3.05, 3.63) is 77.0 Å². The molecule has 1 heteroatoms. The summed E-state index contributed by atoms with van der Waals surface area (Å²) in [4.78, 5) is 4.77. The molecule has 6 aliphatic carbocycles. The van der Waals surface area contributed by atoms with Crippen LogP contribution in [0.2, 0.25) is 0 Å². The summed E-state index contributed by atoms with van der Waals surface area (Å²) in [6.45, 7) is 0. The molecule has 1 aromatic heterocycles. The van der Waals surface area contributed by atoms with Gasteiger partial charge in [-0.05, 0) is 127 Å². The van der Waals surface area contributed by atoms with Gasteiger partial charge >= 0.3 is 0 Å². The van der Waals surface area contributed by atoms with Crippen LogP contribution in [0.25, 0.3) is 22.4 Å². The molecule has 2 aromatic carbocycles. The van der Waals surface area contributed by atoms with Crippen LogP contribution in [0.3, 0.4) is 0 Å². The monoisotopic (exact) mass is 391 g/mol. The zero-order chi connectivity index (χ0) is 19.7. The molecule has 0 amide bonds. The Balaban J connectivity index is 1.27. The van der Waals surface area contributed by atoms with E-state index in [-0.39, 0.29) is 0 Å². The first-order valence-corrected chi connectivity index (χ1v) is 12.1. The number of fused-ring (bicyclic) bond motifs is 4. The molecule has 6 aliphatic rings. The second kappa shape index (κ2) is 6.54. The maximum Gasteiger partial charge on any atom is 0.0708 e. The summed E-state index contributed by atoms with van der Waals surface area (Å²) in [5, 5.41) is 0. The lowest BCUT2D eigenvalue weighted by Gasteiger charge is -2.38. The Morgan fingerprint density at radius 2 is 0.933 bits per heavy atom. The SMILES string of the molecule is c1cc(-c2ccc3c(c2)C2CCC3CC2)cc(-c2ccc3c(c2)C2CCC3CC2)n1. The van der Waals surface area contributed by atoms with Gasteiger partial charge in [0, 0.05) is 11.8 Å². The number of nitrogens with zero attached hydrogens (tertiary/aromatic N) is 1. The topological polar surface area (TPSA) is 12.9 Å². The molecule has 2 saturated carbocycles. The van der Waals surface area contributed by atoms with Crippen molar-refractivity contribution in [1.82, 2.24) is 4.98 Å². The lowest BCUT2D eigenvalue weighted by atomic mass is 9.66. The van der Waals surface area contributed by atoms with Gasteiger partial charge in [-0.15, -0.1) is 0 Å². The Labute approximate surface area is 179 Å². The molecule has 0 atom stereocenters. The summed E-state index contributed by atoms with van der Waals surface area (Å²) < 4.78 is 0. The summed E-state index contributed by atoms with van der Waals surface area (Å²) in [7, 11) is 0. The summed E-state index contributed by atoms with van der Waals surface area (Å²) in [6.07, 6.45) is 13.1. The third kappa shape index (κ3) is 2.57. The number of hydrogen-bond donors (Lipinski definition) is 0. The van der Waals surface area contributed by atoms with Gasteiger partial charge in [0.05, 0.1) is 5.69 Å². The predicted octanol–water partition coefficient (Wildman–Crippen LogP) is 7.93. The van der Waals surface area contributed by atoms with Gasteiger partial charge in [0.15, 0.2) is 0 Å². The molecule has 30 heavy (non-hydrogen) atoms. The maximum absolute atomic E-state index is 4.77. The summed E-state index contributed by atoms with van der Waals surface area (Å²) in [5.74, 6) is 3.20. The van der Waals surface area contributed by atoms with Crippen molar-refractivity contribution in [2.75, 3.05) is 0 Å². The van der Waals surface area contributed by atoms with Crippen LogP contribution in [0.15, 0.2) is 54.7 Å². The lowest BCUT2D eigenvalue weighted by Crippen LogP contribution is -2.21. The highest BCUT2D eigenvalue weighted by molar-refractivity contribution is 5.72. The number of rotatable bonds is 2. The number of aromatic nitrogens is 1. The molecule has 0 N–H and O–H groups in total. The summed E-state index contributed by atoms with van der Waals surface area (Å²) >= 11 is 0. The fourth-order valence-electron chi connectivity index (χ4n) is 7.14. The molecule has 150 valence electrons. The summed E-state index contributed by atoms with van der Waals surface area (Å²) in [5.41, 5.74) is 11.6. The van der Waals surface area contributed by atoms with Crippen molar-refractivity contribution in [2.24, 2.45) is 0 Å². The normalized spacial score (nSPS) is 28.3. The minimum Gasteiger partial charge on any atom is -0.256 e. The second-order valence-corrected chi connectivity index (χ2v) is 10.2. The molecule has 1 nitrogen and oxygen atoms in total. The van der Waals surface area contributed by atoms with Crippen molar-refractivity contribution in [1.29, 1.82) is 0 Å². The Morgan fingerprint density at radius 1 is 0.467 bits per heavy atom. The second-order valence-electron chi connectivity index (χ2n) is 10.2. The molecule has 1 heterocycles. The van der Waals surface area contributed by atoms with E-state index in [1.807, 2.05) is 6.20 Å². The van der Waals surface area contributed by atoms with Crippen molar-refractivity contribution < 1.29 is 0 Å². The van der Waals surface area contributed by atoms with Gasteiger partial charge in [-0.2, -0.15) is 0 Å². The Kier molecular flexibility index (Phi) is 3.77. The first-order valence-electron chi connectivity index (χ1n) is 12.1. The van der Waals surface area contributed by atoms with Gasteiger partial charge in [-0.3, -0.25) is 4.98 Å². The van der Waals surface area contributed by atoms with Crippen LogP contribution >= 0.6 is 0 Å². The third-order valence-corrected chi connectivity index (χ3v) is 8.78. The van der Waals surface area contributed by atoms with E-state index in [0.717, 1.165) is 29.4 Å². The molecule has 0 spiro atoms. The highest BCUT2D eigenvalue weighted by Gasteiger charge is 2.34. The predicted molar refractivity (Wildman–Crippen MR) is 123 cm³/mol. The van der Waals surface area contributed by atoms with Crippen LogP contribution in [-0.2, 0) is 0 Å². The average molecular weight is 392 g/mol. The van der Waals surface area contributed by atoms with Gasteiger partial charge in [0.25, 0.3) is 0 Å². The smallest absolute Gasteiger partial charge is 0.0708 e. The molecule has 4 bridgehead atoms. The van der Waals surface area contributed by atoms with E-state index in [9.17, 15) is 0 Å². The van der Waals surface area contributed by atoms with E-state index >= 15 is 0 Å². The van der Waals surface area contributed by atoms with E-state index in [0.29, 0.717) is 0 Å². The van der Waals surface area contributed by atoms with E-state index < -0.39 is 0 Å². The highest BCUT2D eigenvalue weighted by Crippen LogP contribution is 2.51. The van der Waals surface area contributed by atoms with E-state index in [4.69, 9.17) is 4.98 Å². The molecule has 0 radical (unpaired) electrons. The molecule has 0 unspecified atom stereocenters. The standard InChI is InChI=1S/C29H29N/c1-5-20-6-2-18(1)25-11-9-22(15-27(20)25)23-13-14-30-29(17-23)24-10-12-26-19-3-7-21(8-4-19)28(26)16-24/h9-21H,1-8H2. The molecule has 2 fully saturated rings. The average Bonchev–Trinajstić information content (AvgIpc) is 2.85. The third-order valence-electron chi connectivity index (χ3n) is 8.78. The molecular formula is C29H29N. The van der Waals surface area contributed by atoms with E-state index in [2.05, 4.69) is 48.5 Å². The first kappa shape index (κ1) is 17.3.